The second-order valence-electron chi connectivity index (χ2n) is 4.22. The van der Waals surface area contributed by atoms with E-state index in [9.17, 15) is 0 Å². The lowest BCUT2D eigenvalue weighted by Gasteiger charge is -2.24. The largest absolute Gasteiger partial charge is 0.496 e. The number of aryl methyl sites for hydroxylation is 1. The van der Waals surface area contributed by atoms with Crippen LogP contribution in [0.4, 0.5) is 0 Å². The van der Waals surface area contributed by atoms with E-state index in [4.69, 9.17) is 4.74 Å². The van der Waals surface area contributed by atoms with E-state index in [1.54, 1.807) is 7.11 Å². The standard InChI is InChI=1S/C12H17BrO/c1-9-5-6-10(11(7-9)14-4)12(2,3)8-13/h5-7H,8H2,1-4H3. The fourth-order valence-electron chi connectivity index (χ4n) is 1.43. The molecule has 0 radical (unpaired) electrons. The van der Waals surface area contributed by atoms with Crippen LogP contribution in [0.1, 0.15) is 25.0 Å². The van der Waals surface area contributed by atoms with Gasteiger partial charge in [-0.3, -0.25) is 0 Å². The maximum absolute atomic E-state index is 5.39. The first-order valence-corrected chi connectivity index (χ1v) is 5.84. The summed E-state index contributed by atoms with van der Waals surface area (Å²) in [5.74, 6) is 0.981. The minimum atomic E-state index is 0.110. The van der Waals surface area contributed by atoms with Crippen LogP contribution in [0.2, 0.25) is 0 Å². The van der Waals surface area contributed by atoms with Crippen molar-refractivity contribution in [3.63, 3.8) is 0 Å². The highest BCUT2D eigenvalue weighted by Gasteiger charge is 2.22. The van der Waals surface area contributed by atoms with Gasteiger partial charge in [-0.05, 0) is 18.6 Å². The minimum absolute atomic E-state index is 0.110. The van der Waals surface area contributed by atoms with Crippen molar-refractivity contribution in [2.45, 2.75) is 26.2 Å². The Morgan fingerprint density at radius 2 is 2.00 bits per heavy atom. The van der Waals surface area contributed by atoms with E-state index >= 15 is 0 Å². The van der Waals surface area contributed by atoms with E-state index in [-0.39, 0.29) is 5.41 Å². The first kappa shape index (κ1) is 11.6. The Bertz CT molecular complexity index is 318. The topological polar surface area (TPSA) is 9.23 Å². The zero-order valence-electron chi connectivity index (χ0n) is 9.23. The van der Waals surface area contributed by atoms with Gasteiger partial charge in [0.15, 0.2) is 0 Å². The highest BCUT2D eigenvalue weighted by molar-refractivity contribution is 9.09. The number of hydrogen-bond donors (Lipinski definition) is 0. The van der Waals surface area contributed by atoms with Crippen molar-refractivity contribution in [1.29, 1.82) is 0 Å². The normalized spacial score (nSPS) is 11.5. The molecule has 2 heteroatoms. The molecule has 0 saturated heterocycles. The lowest BCUT2D eigenvalue weighted by molar-refractivity contribution is 0.398. The van der Waals surface area contributed by atoms with Gasteiger partial charge in [-0.15, -0.1) is 0 Å². The van der Waals surface area contributed by atoms with Crippen LogP contribution in [0, 0.1) is 6.92 Å². The van der Waals surface area contributed by atoms with Gasteiger partial charge in [0.1, 0.15) is 5.75 Å². The van der Waals surface area contributed by atoms with Gasteiger partial charge in [-0.2, -0.15) is 0 Å². The van der Waals surface area contributed by atoms with Crippen molar-refractivity contribution >= 4 is 15.9 Å². The predicted molar refractivity (Wildman–Crippen MR) is 64.6 cm³/mol. The smallest absolute Gasteiger partial charge is 0.122 e. The van der Waals surface area contributed by atoms with Gasteiger partial charge in [0.25, 0.3) is 0 Å². The number of methoxy groups -OCH3 is 1. The average Bonchev–Trinajstić information content (AvgIpc) is 2.17. The molecule has 0 amide bonds. The molecule has 0 aliphatic carbocycles. The average molecular weight is 257 g/mol. The Labute approximate surface area is 94.6 Å². The van der Waals surface area contributed by atoms with Crippen molar-refractivity contribution in [2.75, 3.05) is 12.4 Å². The molecule has 0 unspecified atom stereocenters. The summed E-state index contributed by atoms with van der Waals surface area (Å²) in [5.41, 5.74) is 2.59. The Kier molecular flexibility index (Phi) is 3.59. The number of benzene rings is 1. The molecule has 1 rings (SSSR count). The third kappa shape index (κ3) is 2.30. The van der Waals surface area contributed by atoms with Crippen molar-refractivity contribution < 1.29 is 4.74 Å². The number of rotatable bonds is 3. The molecule has 1 aromatic carbocycles. The molecule has 78 valence electrons. The van der Waals surface area contributed by atoms with Gasteiger partial charge in [-0.25, -0.2) is 0 Å². The molecule has 1 nitrogen and oxygen atoms in total. The quantitative estimate of drug-likeness (QED) is 0.750. The molecule has 14 heavy (non-hydrogen) atoms. The first-order chi connectivity index (χ1) is 6.51. The number of ether oxygens (including phenoxy) is 1. The fraction of sp³-hybridized carbons (Fsp3) is 0.500. The van der Waals surface area contributed by atoms with Crippen LogP contribution < -0.4 is 4.74 Å². The summed E-state index contributed by atoms with van der Waals surface area (Å²) < 4.78 is 5.39. The number of alkyl halides is 1. The zero-order chi connectivity index (χ0) is 10.8. The molecular formula is C12H17BrO. The summed E-state index contributed by atoms with van der Waals surface area (Å²) in [5, 5.41) is 0.930. The van der Waals surface area contributed by atoms with E-state index < -0.39 is 0 Å². The second kappa shape index (κ2) is 4.35. The Hall–Kier alpha value is -0.500. The summed E-state index contributed by atoms with van der Waals surface area (Å²) >= 11 is 3.53. The number of halogens is 1. The van der Waals surface area contributed by atoms with Crippen molar-refractivity contribution in [1.82, 2.24) is 0 Å². The second-order valence-corrected chi connectivity index (χ2v) is 4.78. The fourth-order valence-corrected chi connectivity index (χ4v) is 1.73. The third-order valence-corrected chi connectivity index (χ3v) is 3.82. The molecule has 0 heterocycles. The molecule has 0 fully saturated rings. The highest BCUT2D eigenvalue weighted by atomic mass is 79.9. The molecule has 1 aromatic rings. The van der Waals surface area contributed by atoms with Gasteiger partial charge in [0, 0.05) is 16.3 Å². The van der Waals surface area contributed by atoms with Crippen LogP contribution >= 0.6 is 15.9 Å². The van der Waals surface area contributed by atoms with Crippen molar-refractivity contribution in [3.8, 4) is 5.75 Å². The zero-order valence-corrected chi connectivity index (χ0v) is 10.8. The SMILES string of the molecule is COc1cc(C)ccc1C(C)(C)CBr. The minimum Gasteiger partial charge on any atom is -0.496 e. The van der Waals surface area contributed by atoms with Crippen LogP contribution in [0.5, 0.6) is 5.75 Å². The summed E-state index contributed by atoms with van der Waals surface area (Å²) in [7, 11) is 1.72. The van der Waals surface area contributed by atoms with Gasteiger partial charge in [-0.1, -0.05) is 41.9 Å². The van der Waals surface area contributed by atoms with Crippen LogP contribution in [0.15, 0.2) is 18.2 Å². The van der Waals surface area contributed by atoms with Crippen molar-refractivity contribution in [3.05, 3.63) is 29.3 Å². The van der Waals surface area contributed by atoms with Crippen LogP contribution in [0.25, 0.3) is 0 Å². The molecule has 0 bridgehead atoms. The van der Waals surface area contributed by atoms with Crippen LogP contribution in [-0.2, 0) is 5.41 Å². The van der Waals surface area contributed by atoms with Gasteiger partial charge in [0.2, 0.25) is 0 Å². The van der Waals surface area contributed by atoms with Crippen molar-refractivity contribution in [2.24, 2.45) is 0 Å². The molecule has 0 aliphatic rings. The lowest BCUT2D eigenvalue weighted by Crippen LogP contribution is -2.19. The Morgan fingerprint density at radius 1 is 1.36 bits per heavy atom. The molecule has 0 N–H and O–H groups in total. The van der Waals surface area contributed by atoms with E-state index in [1.165, 1.54) is 11.1 Å². The lowest BCUT2D eigenvalue weighted by atomic mass is 9.86. The molecule has 0 spiro atoms. The molecule has 0 aromatic heterocycles. The summed E-state index contributed by atoms with van der Waals surface area (Å²) in [6, 6.07) is 6.36. The first-order valence-electron chi connectivity index (χ1n) is 4.72. The Balaban J connectivity index is 3.20. The maximum atomic E-state index is 5.39. The summed E-state index contributed by atoms with van der Waals surface area (Å²) in [4.78, 5) is 0. The molecule has 0 saturated carbocycles. The summed E-state index contributed by atoms with van der Waals surface area (Å²) in [6.45, 7) is 6.48. The van der Waals surface area contributed by atoms with Gasteiger partial charge in [0.05, 0.1) is 7.11 Å². The van der Waals surface area contributed by atoms with Gasteiger partial charge >= 0.3 is 0 Å². The van der Waals surface area contributed by atoms with E-state index in [1.807, 2.05) is 0 Å². The molecular weight excluding hydrogens is 240 g/mol. The van der Waals surface area contributed by atoms with Crippen LogP contribution in [-0.4, -0.2) is 12.4 Å². The third-order valence-electron chi connectivity index (χ3n) is 2.42. The van der Waals surface area contributed by atoms with Crippen LogP contribution in [0.3, 0.4) is 0 Å². The predicted octanol–water partition coefficient (Wildman–Crippen LogP) is 3.68. The Morgan fingerprint density at radius 3 is 2.50 bits per heavy atom. The highest BCUT2D eigenvalue weighted by Crippen LogP contribution is 2.33. The van der Waals surface area contributed by atoms with E-state index in [0.717, 1.165) is 11.1 Å². The summed E-state index contributed by atoms with van der Waals surface area (Å²) in [6.07, 6.45) is 0. The van der Waals surface area contributed by atoms with E-state index in [2.05, 4.69) is 54.9 Å². The number of hydrogen-bond acceptors (Lipinski definition) is 1. The maximum Gasteiger partial charge on any atom is 0.122 e. The monoisotopic (exact) mass is 256 g/mol. The molecule has 0 aliphatic heterocycles. The molecule has 0 atom stereocenters. The van der Waals surface area contributed by atoms with Gasteiger partial charge < -0.3 is 4.74 Å². The van der Waals surface area contributed by atoms with E-state index in [0.29, 0.717) is 0 Å².